The van der Waals surface area contributed by atoms with Gasteiger partial charge < -0.3 is 4.74 Å². The summed E-state index contributed by atoms with van der Waals surface area (Å²) in [5, 5.41) is 0. The van der Waals surface area contributed by atoms with Gasteiger partial charge in [0.2, 0.25) is 0 Å². The molecule has 0 bridgehead atoms. The van der Waals surface area contributed by atoms with E-state index in [-0.39, 0.29) is 23.0 Å². The Morgan fingerprint density at radius 1 is 1.41 bits per heavy atom. The third-order valence-electron chi connectivity index (χ3n) is 2.24. The molecule has 0 aliphatic heterocycles. The number of benzene rings is 1. The molecule has 0 aliphatic rings. The number of alkyl halides is 1. The van der Waals surface area contributed by atoms with Crippen molar-refractivity contribution in [2.24, 2.45) is 0 Å². The van der Waals surface area contributed by atoms with E-state index < -0.39 is 0 Å². The SMILES string of the molecule is COC(=O)Cc1ccc(C(=O)C(C)Br)c(Br)c1. The topological polar surface area (TPSA) is 43.4 Å². The molecule has 1 rings (SSSR count). The number of ketones is 1. The zero-order valence-electron chi connectivity index (χ0n) is 9.50. The van der Waals surface area contributed by atoms with Crippen molar-refractivity contribution in [2.75, 3.05) is 7.11 Å². The van der Waals surface area contributed by atoms with Crippen molar-refractivity contribution < 1.29 is 14.3 Å². The third kappa shape index (κ3) is 3.92. The Labute approximate surface area is 117 Å². The van der Waals surface area contributed by atoms with Gasteiger partial charge in [0.05, 0.1) is 18.4 Å². The molecule has 1 aromatic carbocycles. The fourth-order valence-corrected chi connectivity index (χ4v) is 2.19. The number of rotatable bonds is 4. The smallest absolute Gasteiger partial charge is 0.309 e. The molecule has 17 heavy (non-hydrogen) atoms. The van der Waals surface area contributed by atoms with Gasteiger partial charge in [-0.15, -0.1) is 0 Å². The van der Waals surface area contributed by atoms with Crippen LogP contribution in [0, 0.1) is 0 Å². The number of hydrogen-bond donors (Lipinski definition) is 0. The summed E-state index contributed by atoms with van der Waals surface area (Å²) in [6.07, 6.45) is 0.202. The Balaban J connectivity index is 2.94. The highest BCUT2D eigenvalue weighted by atomic mass is 79.9. The van der Waals surface area contributed by atoms with E-state index in [1.807, 2.05) is 0 Å². The molecule has 0 N–H and O–H groups in total. The van der Waals surface area contributed by atoms with Crippen LogP contribution in [0.2, 0.25) is 0 Å². The van der Waals surface area contributed by atoms with Gasteiger partial charge in [0.25, 0.3) is 0 Å². The van der Waals surface area contributed by atoms with E-state index in [9.17, 15) is 9.59 Å². The van der Waals surface area contributed by atoms with E-state index in [0.29, 0.717) is 10.0 Å². The van der Waals surface area contributed by atoms with Gasteiger partial charge in [-0.3, -0.25) is 9.59 Å². The third-order valence-corrected chi connectivity index (χ3v) is 3.31. The molecule has 5 heteroatoms. The standard InChI is InChI=1S/C12H12Br2O3/c1-7(13)12(16)9-4-3-8(5-10(9)14)6-11(15)17-2/h3-5,7H,6H2,1-2H3. The lowest BCUT2D eigenvalue weighted by atomic mass is 10.1. The van der Waals surface area contributed by atoms with E-state index in [1.165, 1.54) is 7.11 Å². The zero-order valence-corrected chi connectivity index (χ0v) is 12.7. The second kappa shape index (κ2) is 6.31. The lowest BCUT2D eigenvalue weighted by molar-refractivity contribution is -0.139. The van der Waals surface area contributed by atoms with E-state index >= 15 is 0 Å². The predicted molar refractivity (Wildman–Crippen MR) is 72.6 cm³/mol. The second-order valence-corrected chi connectivity index (χ2v) is 5.78. The molecule has 1 unspecified atom stereocenters. The summed E-state index contributed by atoms with van der Waals surface area (Å²) in [5.41, 5.74) is 1.41. The number of carbonyl (C=O) groups is 2. The molecule has 0 spiro atoms. The first-order valence-electron chi connectivity index (χ1n) is 4.99. The lowest BCUT2D eigenvalue weighted by Gasteiger charge is -2.07. The van der Waals surface area contributed by atoms with Gasteiger partial charge in [-0.2, -0.15) is 0 Å². The Morgan fingerprint density at radius 2 is 2.06 bits per heavy atom. The van der Waals surface area contributed by atoms with Crippen LogP contribution in [0.25, 0.3) is 0 Å². The van der Waals surface area contributed by atoms with Gasteiger partial charge in [-0.05, 0) is 24.6 Å². The van der Waals surface area contributed by atoms with Crippen LogP contribution in [0.4, 0.5) is 0 Å². The Bertz CT molecular complexity index is 441. The van der Waals surface area contributed by atoms with Crippen LogP contribution in [0.1, 0.15) is 22.8 Å². The van der Waals surface area contributed by atoms with Crippen molar-refractivity contribution in [3.63, 3.8) is 0 Å². The molecule has 3 nitrogen and oxygen atoms in total. The van der Waals surface area contributed by atoms with Crippen LogP contribution in [-0.4, -0.2) is 23.7 Å². The number of halogens is 2. The van der Waals surface area contributed by atoms with Crippen molar-refractivity contribution in [3.8, 4) is 0 Å². The zero-order chi connectivity index (χ0) is 13.0. The number of methoxy groups -OCH3 is 1. The molecule has 1 atom stereocenters. The first kappa shape index (κ1) is 14.4. The fraction of sp³-hybridized carbons (Fsp3) is 0.333. The molecule has 0 fully saturated rings. The number of hydrogen-bond acceptors (Lipinski definition) is 3. The molecule has 0 radical (unpaired) electrons. The van der Waals surface area contributed by atoms with E-state index in [0.717, 1.165) is 5.56 Å². The molecule has 0 aromatic heterocycles. The van der Waals surface area contributed by atoms with Gasteiger partial charge >= 0.3 is 5.97 Å². The van der Waals surface area contributed by atoms with Crippen molar-refractivity contribution in [1.29, 1.82) is 0 Å². The van der Waals surface area contributed by atoms with Gasteiger partial charge in [0.1, 0.15) is 0 Å². The normalized spacial score (nSPS) is 12.0. The van der Waals surface area contributed by atoms with Gasteiger partial charge in [-0.1, -0.05) is 37.9 Å². The maximum Gasteiger partial charge on any atom is 0.309 e. The van der Waals surface area contributed by atoms with E-state index in [2.05, 4.69) is 36.6 Å². The summed E-state index contributed by atoms with van der Waals surface area (Å²) in [6.45, 7) is 1.77. The van der Waals surface area contributed by atoms with Crippen molar-refractivity contribution in [2.45, 2.75) is 18.2 Å². The van der Waals surface area contributed by atoms with E-state index in [1.54, 1.807) is 25.1 Å². The maximum absolute atomic E-state index is 11.8. The number of Topliss-reactive ketones (excluding diaryl/α,β-unsaturated/α-hetero) is 1. The molecule has 0 saturated heterocycles. The largest absolute Gasteiger partial charge is 0.469 e. The van der Waals surface area contributed by atoms with Crippen molar-refractivity contribution in [1.82, 2.24) is 0 Å². The van der Waals surface area contributed by atoms with Crippen molar-refractivity contribution >= 4 is 43.6 Å². The summed E-state index contributed by atoms with van der Waals surface area (Å²) in [7, 11) is 1.35. The maximum atomic E-state index is 11.8. The molecule has 0 saturated carbocycles. The van der Waals surface area contributed by atoms with Crippen LogP contribution in [0.5, 0.6) is 0 Å². The summed E-state index contributed by atoms with van der Waals surface area (Å²) >= 11 is 6.57. The summed E-state index contributed by atoms with van der Waals surface area (Å²) < 4.78 is 5.27. The lowest BCUT2D eigenvalue weighted by Crippen LogP contribution is -2.11. The predicted octanol–water partition coefficient (Wildman–Crippen LogP) is 3.13. The average Bonchev–Trinajstić information content (AvgIpc) is 2.28. The molecular formula is C12H12Br2O3. The van der Waals surface area contributed by atoms with Gasteiger partial charge in [0.15, 0.2) is 5.78 Å². The first-order chi connectivity index (χ1) is 7.95. The Morgan fingerprint density at radius 3 is 2.53 bits per heavy atom. The minimum Gasteiger partial charge on any atom is -0.469 e. The highest BCUT2D eigenvalue weighted by molar-refractivity contribution is 9.10. The second-order valence-electron chi connectivity index (χ2n) is 3.55. The van der Waals surface area contributed by atoms with E-state index in [4.69, 9.17) is 0 Å². The van der Waals surface area contributed by atoms with Crippen LogP contribution in [0.15, 0.2) is 22.7 Å². The fourth-order valence-electron chi connectivity index (χ4n) is 1.32. The minimum absolute atomic E-state index is 0.00138. The van der Waals surface area contributed by atoms with Crippen molar-refractivity contribution in [3.05, 3.63) is 33.8 Å². The first-order valence-corrected chi connectivity index (χ1v) is 6.70. The average molecular weight is 364 g/mol. The summed E-state index contributed by atoms with van der Waals surface area (Å²) in [6, 6.07) is 5.23. The summed E-state index contributed by atoms with van der Waals surface area (Å²) in [4.78, 5) is 22.7. The summed E-state index contributed by atoms with van der Waals surface area (Å²) in [5.74, 6) is -0.300. The highest BCUT2D eigenvalue weighted by Crippen LogP contribution is 2.22. The minimum atomic E-state index is -0.301. The molecule has 1 aromatic rings. The quantitative estimate of drug-likeness (QED) is 0.469. The molecule has 0 heterocycles. The van der Waals surface area contributed by atoms with Crippen LogP contribution < -0.4 is 0 Å². The number of ether oxygens (including phenoxy) is 1. The molecular weight excluding hydrogens is 352 g/mol. The van der Waals surface area contributed by atoms with Crippen LogP contribution in [0.3, 0.4) is 0 Å². The molecule has 0 aliphatic carbocycles. The monoisotopic (exact) mass is 362 g/mol. The highest BCUT2D eigenvalue weighted by Gasteiger charge is 2.15. The van der Waals surface area contributed by atoms with Crippen LogP contribution >= 0.6 is 31.9 Å². The van der Waals surface area contributed by atoms with Gasteiger partial charge in [-0.25, -0.2) is 0 Å². The molecule has 0 amide bonds. The van der Waals surface area contributed by atoms with Crippen LogP contribution in [-0.2, 0) is 16.0 Å². The Hall–Kier alpha value is -0.680. The Kier molecular flexibility index (Phi) is 5.33. The molecule has 92 valence electrons. The van der Waals surface area contributed by atoms with Gasteiger partial charge in [0, 0.05) is 10.0 Å². The number of esters is 1. The number of carbonyl (C=O) groups excluding carboxylic acids is 2.